The van der Waals surface area contributed by atoms with Crippen LogP contribution in [0.15, 0.2) is 59.0 Å². The molecule has 0 unspecified atom stereocenters. The fourth-order valence-corrected chi connectivity index (χ4v) is 4.91. The molecule has 1 aliphatic heterocycles. The van der Waals surface area contributed by atoms with Gasteiger partial charge in [0, 0.05) is 34.5 Å². The summed E-state index contributed by atoms with van der Waals surface area (Å²) in [6.45, 7) is 2.13. The van der Waals surface area contributed by atoms with E-state index in [4.69, 9.17) is 33.0 Å². The van der Waals surface area contributed by atoms with Crippen LogP contribution in [0.2, 0.25) is 5.02 Å². The van der Waals surface area contributed by atoms with Crippen LogP contribution in [0.3, 0.4) is 0 Å². The number of hydrogen-bond donors (Lipinski definition) is 2. The Balaban J connectivity index is 1.34. The van der Waals surface area contributed by atoms with Gasteiger partial charge < -0.3 is 19.4 Å². The van der Waals surface area contributed by atoms with E-state index in [0.29, 0.717) is 65.3 Å². The fourth-order valence-electron chi connectivity index (χ4n) is 4.01. The van der Waals surface area contributed by atoms with Gasteiger partial charge in [-0.2, -0.15) is 0 Å². The number of fused-ring (bicyclic) bond motifs is 1. The average Bonchev–Trinajstić information content (AvgIpc) is 3.33. The Kier molecular flexibility index (Phi) is 7.74. The van der Waals surface area contributed by atoms with Gasteiger partial charge in [0.15, 0.2) is 10.7 Å². The molecule has 2 heterocycles. The molecule has 5 rings (SSSR count). The van der Waals surface area contributed by atoms with Crippen molar-refractivity contribution in [3.05, 3.63) is 78.9 Å². The van der Waals surface area contributed by atoms with Crippen LogP contribution in [0.1, 0.15) is 10.4 Å². The number of oxazole rings is 1. The van der Waals surface area contributed by atoms with Crippen LogP contribution in [-0.4, -0.2) is 47.2 Å². The van der Waals surface area contributed by atoms with Crippen molar-refractivity contribution in [1.82, 2.24) is 10.3 Å². The van der Waals surface area contributed by atoms with Gasteiger partial charge in [0.1, 0.15) is 5.52 Å². The molecule has 3 aromatic carbocycles. The minimum atomic E-state index is -0.564. The summed E-state index contributed by atoms with van der Waals surface area (Å²) in [7, 11) is 0. The Bertz CT molecular complexity index is 1570. The number of rotatable bonds is 5. The van der Waals surface area contributed by atoms with Crippen LogP contribution in [-0.2, 0) is 4.74 Å². The first kappa shape index (κ1) is 26.3. The molecule has 4 aromatic rings. The first-order valence-corrected chi connectivity index (χ1v) is 13.2. The number of carbonyl (C=O) groups is 1. The number of hydrogen-bond acceptors (Lipinski definition) is 8. The van der Waals surface area contributed by atoms with Gasteiger partial charge in [-0.15, -0.1) is 0 Å². The minimum Gasteiger partial charge on any atom is -0.436 e. The molecule has 194 valence electrons. The van der Waals surface area contributed by atoms with E-state index in [0.717, 1.165) is 3.57 Å². The van der Waals surface area contributed by atoms with Crippen molar-refractivity contribution in [2.75, 3.05) is 36.5 Å². The average molecular weight is 664 g/mol. The Morgan fingerprint density at radius 1 is 1.13 bits per heavy atom. The summed E-state index contributed by atoms with van der Waals surface area (Å²) in [4.78, 5) is 30.5. The van der Waals surface area contributed by atoms with Crippen LogP contribution >= 0.6 is 46.4 Å². The number of nitrogens with one attached hydrogen (secondary N) is 2. The second-order valence-electron chi connectivity index (χ2n) is 8.29. The second-order valence-corrected chi connectivity index (χ2v) is 10.4. The van der Waals surface area contributed by atoms with Crippen molar-refractivity contribution < 1.29 is 18.9 Å². The highest BCUT2D eigenvalue weighted by Crippen LogP contribution is 2.32. The predicted molar refractivity (Wildman–Crippen MR) is 157 cm³/mol. The smallest absolute Gasteiger partial charge is 0.270 e. The maximum absolute atomic E-state index is 13.2. The summed E-state index contributed by atoms with van der Waals surface area (Å²) >= 11 is 13.9. The number of nitro groups is 1. The minimum absolute atomic E-state index is 0.0261. The van der Waals surface area contributed by atoms with Crippen molar-refractivity contribution in [3.63, 3.8) is 0 Å². The van der Waals surface area contributed by atoms with E-state index in [1.807, 2.05) is 17.0 Å². The lowest BCUT2D eigenvalue weighted by Crippen LogP contribution is -2.39. The van der Waals surface area contributed by atoms with E-state index in [1.54, 1.807) is 30.3 Å². The van der Waals surface area contributed by atoms with E-state index < -0.39 is 10.8 Å². The summed E-state index contributed by atoms with van der Waals surface area (Å²) in [5, 5.41) is 17.5. The third-order valence-corrected chi connectivity index (χ3v) is 7.02. The monoisotopic (exact) mass is 663 g/mol. The lowest BCUT2D eigenvalue weighted by Gasteiger charge is -2.30. The van der Waals surface area contributed by atoms with Gasteiger partial charge >= 0.3 is 0 Å². The van der Waals surface area contributed by atoms with Crippen LogP contribution in [0.4, 0.5) is 17.1 Å². The molecule has 0 atom stereocenters. The highest BCUT2D eigenvalue weighted by molar-refractivity contribution is 14.1. The number of thiocarbonyl (C=S) groups is 1. The van der Waals surface area contributed by atoms with Crippen molar-refractivity contribution in [3.8, 4) is 11.5 Å². The predicted octanol–water partition coefficient (Wildman–Crippen LogP) is 5.62. The molecule has 10 nitrogen and oxygen atoms in total. The van der Waals surface area contributed by atoms with E-state index in [2.05, 4.69) is 38.2 Å². The van der Waals surface area contributed by atoms with Gasteiger partial charge in [-0.25, -0.2) is 4.98 Å². The van der Waals surface area contributed by atoms with E-state index >= 15 is 0 Å². The molecule has 38 heavy (non-hydrogen) atoms. The topological polar surface area (TPSA) is 123 Å². The van der Waals surface area contributed by atoms with Crippen LogP contribution in [0, 0.1) is 13.7 Å². The van der Waals surface area contributed by atoms with Crippen molar-refractivity contribution in [1.29, 1.82) is 0 Å². The molecule has 1 saturated heterocycles. The second kappa shape index (κ2) is 11.2. The third-order valence-electron chi connectivity index (χ3n) is 5.82. The molecule has 0 saturated carbocycles. The number of morpholine rings is 1. The number of aromatic nitrogens is 1. The Labute approximate surface area is 240 Å². The van der Waals surface area contributed by atoms with Gasteiger partial charge in [0.05, 0.1) is 40.0 Å². The number of anilines is 2. The molecule has 0 radical (unpaired) electrons. The molecule has 1 fully saturated rings. The van der Waals surface area contributed by atoms with Crippen molar-refractivity contribution in [2.24, 2.45) is 0 Å². The van der Waals surface area contributed by atoms with E-state index in [-0.39, 0.29) is 16.4 Å². The fraction of sp³-hybridized carbons (Fsp3) is 0.160. The Hall–Kier alpha value is -3.33. The molecule has 1 aromatic heterocycles. The number of nitrogens with zero attached hydrogens (tertiary/aromatic N) is 3. The molecule has 1 amide bonds. The zero-order chi connectivity index (χ0) is 26.8. The SMILES string of the molecule is O=C(NC(=S)Nc1ccc2oc(-c3cc(I)ccc3Cl)nc2c1)c1cc([N+](=O)[O-])ccc1N1CCOCC1. The van der Waals surface area contributed by atoms with Crippen LogP contribution in [0.5, 0.6) is 0 Å². The summed E-state index contributed by atoms with van der Waals surface area (Å²) < 4.78 is 12.3. The van der Waals surface area contributed by atoms with Gasteiger partial charge in [0.2, 0.25) is 5.89 Å². The zero-order valence-electron chi connectivity index (χ0n) is 19.6. The number of carbonyl (C=O) groups excluding carboxylic acids is 1. The summed E-state index contributed by atoms with van der Waals surface area (Å²) in [6, 6.07) is 15.0. The number of non-ortho nitro benzene ring substituents is 1. The number of benzene rings is 3. The lowest BCUT2D eigenvalue weighted by atomic mass is 10.1. The van der Waals surface area contributed by atoms with E-state index in [9.17, 15) is 14.9 Å². The Morgan fingerprint density at radius 2 is 1.92 bits per heavy atom. The highest BCUT2D eigenvalue weighted by Gasteiger charge is 2.23. The first-order chi connectivity index (χ1) is 18.3. The quantitative estimate of drug-likeness (QED) is 0.121. The van der Waals surface area contributed by atoms with Crippen LogP contribution < -0.4 is 15.5 Å². The zero-order valence-corrected chi connectivity index (χ0v) is 23.3. The number of halogens is 2. The maximum Gasteiger partial charge on any atom is 0.270 e. The number of nitro benzene ring substituents is 1. The lowest BCUT2D eigenvalue weighted by molar-refractivity contribution is -0.384. The molecule has 2 N–H and O–H groups in total. The molecule has 1 aliphatic rings. The molecule has 0 bridgehead atoms. The molecular weight excluding hydrogens is 645 g/mol. The summed E-state index contributed by atoms with van der Waals surface area (Å²) in [5.41, 5.74) is 2.92. The van der Waals surface area contributed by atoms with E-state index in [1.165, 1.54) is 12.1 Å². The Morgan fingerprint density at radius 3 is 2.68 bits per heavy atom. The highest BCUT2D eigenvalue weighted by atomic mass is 127. The molecule has 13 heteroatoms. The van der Waals surface area contributed by atoms with Gasteiger partial charge in [-0.3, -0.25) is 20.2 Å². The normalized spacial score (nSPS) is 13.4. The van der Waals surface area contributed by atoms with Gasteiger partial charge in [-0.1, -0.05) is 11.6 Å². The summed E-state index contributed by atoms with van der Waals surface area (Å²) in [5.74, 6) is -0.177. The summed E-state index contributed by atoms with van der Waals surface area (Å²) in [6.07, 6.45) is 0. The standard InChI is InChI=1S/C25H19ClIN5O5S/c26-19-4-1-14(27)11-17(19)24-29-20-12-15(2-6-22(20)37-24)28-25(38)30-23(33)18-13-16(32(34)35)3-5-21(18)31-7-9-36-10-8-31/h1-6,11-13H,7-10H2,(H2,28,30,33,38). The molecular formula is C25H19ClIN5O5S. The van der Waals surface area contributed by atoms with Gasteiger partial charge in [0.25, 0.3) is 11.6 Å². The third kappa shape index (κ3) is 5.72. The molecule has 0 aliphatic carbocycles. The molecule has 0 spiro atoms. The number of ether oxygens (including phenoxy) is 1. The maximum atomic E-state index is 13.2. The van der Waals surface area contributed by atoms with Crippen molar-refractivity contribution >= 4 is 85.6 Å². The number of amides is 1. The van der Waals surface area contributed by atoms with Crippen LogP contribution in [0.25, 0.3) is 22.6 Å². The van der Waals surface area contributed by atoms with Crippen molar-refractivity contribution in [2.45, 2.75) is 0 Å². The first-order valence-electron chi connectivity index (χ1n) is 11.4. The van der Waals surface area contributed by atoms with Gasteiger partial charge in [-0.05, 0) is 77.3 Å². The largest absolute Gasteiger partial charge is 0.436 e.